The minimum atomic E-state index is -1.43. The van der Waals surface area contributed by atoms with Crippen molar-refractivity contribution in [2.45, 2.75) is 30.8 Å². The second-order valence-corrected chi connectivity index (χ2v) is 5.16. The number of nitrogens with zero attached hydrogens (tertiary/aromatic N) is 5. The summed E-state index contributed by atoms with van der Waals surface area (Å²) in [5.74, 6) is 5.52. The number of aliphatic hydroxyl groups is 1. The van der Waals surface area contributed by atoms with Crippen molar-refractivity contribution in [3.8, 4) is 11.8 Å². The number of rotatable bonds is 3. The Morgan fingerprint density at radius 3 is 3.00 bits per heavy atom. The summed E-state index contributed by atoms with van der Waals surface area (Å²) in [5.41, 5.74) is 11.4. The van der Waals surface area contributed by atoms with Crippen LogP contribution in [0.25, 0.3) is 11.2 Å². The Labute approximate surface area is 130 Å². The minimum Gasteiger partial charge on any atom is -0.394 e. The molecule has 0 radical (unpaired) electrons. The predicted octanol–water partition coefficient (Wildman–Crippen LogP) is -0.846. The number of hydrogen-bond donors (Lipinski definition) is 3. The molecule has 5 N–H and O–H groups in total. The first kappa shape index (κ1) is 15.3. The van der Waals surface area contributed by atoms with Crippen molar-refractivity contribution in [2.24, 2.45) is 10.9 Å². The zero-order valence-electron chi connectivity index (χ0n) is 12.2. The van der Waals surface area contributed by atoms with Crippen LogP contribution in [-0.2, 0) is 4.74 Å². The summed E-state index contributed by atoms with van der Waals surface area (Å²) in [6.45, 7) is 1.17. The first-order valence-electron chi connectivity index (χ1n) is 6.81. The molecule has 3 heterocycles. The maximum atomic E-state index is 11.2. The van der Waals surface area contributed by atoms with Gasteiger partial charge in [0, 0.05) is 0 Å². The number of aliphatic hydroxyl groups excluding tert-OH is 1. The fourth-order valence-electron chi connectivity index (χ4n) is 2.76. The summed E-state index contributed by atoms with van der Waals surface area (Å²) < 4.78 is 7.24. The number of ether oxygens (including phenoxy) is 1. The largest absolute Gasteiger partial charge is 0.394 e. The molecule has 0 aliphatic carbocycles. The summed E-state index contributed by atoms with van der Waals surface area (Å²) in [4.78, 5) is 23.4. The molecule has 1 aliphatic heterocycles. The molecule has 1 aliphatic rings. The maximum absolute atomic E-state index is 11.2. The molecule has 0 amide bonds. The number of anilines is 1. The highest BCUT2D eigenvalue weighted by Gasteiger charge is 2.56. The molecular formula is C13H15N7O3. The molecule has 3 rings (SSSR count). The molecule has 0 aromatic carbocycles. The van der Waals surface area contributed by atoms with Crippen LogP contribution in [0.5, 0.6) is 0 Å². The summed E-state index contributed by atoms with van der Waals surface area (Å²) in [7, 11) is 0. The van der Waals surface area contributed by atoms with Crippen molar-refractivity contribution in [2.75, 3.05) is 12.3 Å². The Kier molecular flexibility index (Phi) is 3.69. The van der Waals surface area contributed by atoms with Crippen molar-refractivity contribution in [1.82, 2.24) is 19.5 Å². The van der Waals surface area contributed by atoms with Crippen molar-refractivity contribution in [3.05, 3.63) is 17.4 Å². The van der Waals surface area contributed by atoms with E-state index in [1.165, 1.54) is 17.1 Å². The summed E-state index contributed by atoms with van der Waals surface area (Å²) in [6, 6.07) is -1.04. The van der Waals surface area contributed by atoms with E-state index in [-0.39, 0.29) is 5.95 Å². The molecule has 2 aromatic heterocycles. The van der Waals surface area contributed by atoms with Gasteiger partial charge in [0.25, 0.3) is 0 Å². The third-order valence-corrected chi connectivity index (χ3v) is 3.78. The Hall–Kier alpha value is -2.61. The van der Waals surface area contributed by atoms with Crippen LogP contribution >= 0.6 is 0 Å². The van der Waals surface area contributed by atoms with Crippen LogP contribution < -0.4 is 11.5 Å². The van der Waals surface area contributed by atoms with Gasteiger partial charge in [-0.05, 0) is 6.92 Å². The fourth-order valence-corrected chi connectivity index (χ4v) is 2.76. The van der Waals surface area contributed by atoms with Crippen LogP contribution in [0, 0.1) is 16.7 Å². The highest BCUT2D eigenvalue weighted by atomic mass is 16.5. The van der Waals surface area contributed by atoms with Gasteiger partial charge < -0.3 is 21.3 Å². The van der Waals surface area contributed by atoms with Crippen molar-refractivity contribution < 1.29 is 9.84 Å². The van der Waals surface area contributed by atoms with Gasteiger partial charge in [-0.2, -0.15) is 9.89 Å². The van der Waals surface area contributed by atoms with E-state index in [1.807, 2.05) is 0 Å². The number of nitrogens with two attached hydrogens (primary N) is 2. The third-order valence-electron chi connectivity index (χ3n) is 3.78. The van der Waals surface area contributed by atoms with Gasteiger partial charge in [-0.3, -0.25) is 4.57 Å². The molecule has 1 unspecified atom stereocenters. The van der Waals surface area contributed by atoms with Crippen LogP contribution in [-0.4, -0.2) is 48.9 Å². The zero-order chi connectivity index (χ0) is 16.6. The van der Waals surface area contributed by atoms with Gasteiger partial charge in [0.2, 0.25) is 5.95 Å². The lowest BCUT2D eigenvalue weighted by Crippen LogP contribution is -2.52. The van der Waals surface area contributed by atoms with E-state index in [2.05, 4.69) is 32.0 Å². The van der Waals surface area contributed by atoms with Crippen LogP contribution in [0.2, 0.25) is 0 Å². The Morgan fingerprint density at radius 2 is 2.35 bits per heavy atom. The van der Waals surface area contributed by atoms with E-state index >= 15 is 0 Å². The van der Waals surface area contributed by atoms with Gasteiger partial charge in [0.05, 0.1) is 19.1 Å². The van der Waals surface area contributed by atoms with Crippen LogP contribution in [0.15, 0.2) is 17.7 Å². The van der Waals surface area contributed by atoms with Gasteiger partial charge in [0.1, 0.15) is 11.6 Å². The second kappa shape index (κ2) is 5.54. The lowest BCUT2D eigenvalue weighted by Gasteiger charge is -2.27. The number of nitroso groups, excluding NO2 is 1. The molecule has 4 atom stereocenters. The first-order valence-corrected chi connectivity index (χ1v) is 6.81. The van der Waals surface area contributed by atoms with E-state index in [4.69, 9.17) is 16.2 Å². The minimum absolute atomic E-state index is 0.0604. The van der Waals surface area contributed by atoms with E-state index in [9.17, 15) is 10.0 Å². The van der Waals surface area contributed by atoms with Crippen LogP contribution in [0.1, 0.15) is 13.2 Å². The molecule has 1 saturated heterocycles. The number of aromatic nitrogens is 4. The standard InChI is InChI=1S/C13H15N7O3/c1-2-3-13(15)9(19-22)8(5-21)23-11(13)20-6-17-7-4-16-12(14)18-10(7)20/h4,6,8-9,11,21H,5,15H2,1H3,(H2,14,16,18)/t8-,9?,11-,13-/m1/s1. The van der Waals surface area contributed by atoms with E-state index in [1.54, 1.807) is 6.92 Å². The Bertz CT molecular complexity index is 811. The summed E-state index contributed by atoms with van der Waals surface area (Å²) >= 11 is 0. The molecule has 0 saturated carbocycles. The smallest absolute Gasteiger partial charge is 0.222 e. The third kappa shape index (κ3) is 2.22. The number of hydrogen-bond acceptors (Lipinski definition) is 9. The van der Waals surface area contributed by atoms with Crippen molar-refractivity contribution in [3.63, 3.8) is 0 Å². The molecular weight excluding hydrogens is 302 g/mol. The van der Waals surface area contributed by atoms with E-state index in [0.717, 1.165) is 0 Å². The predicted molar refractivity (Wildman–Crippen MR) is 80.7 cm³/mol. The van der Waals surface area contributed by atoms with Gasteiger partial charge >= 0.3 is 0 Å². The molecule has 1 fully saturated rings. The van der Waals surface area contributed by atoms with E-state index in [0.29, 0.717) is 11.2 Å². The highest BCUT2D eigenvalue weighted by molar-refractivity contribution is 5.70. The van der Waals surface area contributed by atoms with E-state index < -0.39 is 30.5 Å². The number of fused-ring (bicyclic) bond motifs is 1. The van der Waals surface area contributed by atoms with Crippen molar-refractivity contribution in [1.29, 1.82) is 0 Å². The van der Waals surface area contributed by atoms with Crippen molar-refractivity contribution >= 4 is 17.1 Å². The average molecular weight is 317 g/mol. The average Bonchev–Trinajstić information content (AvgIpc) is 3.05. The lowest BCUT2D eigenvalue weighted by molar-refractivity contribution is -0.0310. The van der Waals surface area contributed by atoms with Crippen LogP contribution in [0.4, 0.5) is 5.95 Å². The normalized spacial score (nSPS) is 30.1. The van der Waals surface area contributed by atoms with Gasteiger partial charge in [-0.1, -0.05) is 11.1 Å². The topological polar surface area (TPSA) is 155 Å². The second-order valence-electron chi connectivity index (χ2n) is 5.16. The SMILES string of the molecule is CC#C[C@@]1(N)C(N=O)[C@@H](CO)O[C@H]1n1cnc2cnc(N)nc21. The Morgan fingerprint density at radius 1 is 1.57 bits per heavy atom. The molecule has 23 heavy (non-hydrogen) atoms. The molecule has 2 aromatic rings. The molecule has 10 heteroatoms. The number of nitrogen functional groups attached to an aromatic ring is 1. The monoisotopic (exact) mass is 317 g/mol. The fraction of sp³-hybridized carbons (Fsp3) is 0.462. The quantitative estimate of drug-likeness (QED) is 0.488. The molecule has 0 bridgehead atoms. The summed E-state index contributed by atoms with van der Waals surface area (Å²) in [6.07, 6.45) is 1.13. The Balaban J connectivity index is 2.17. The highest BCUT2D eigenvalue weighted by Crippen LogP contribution is 2.39. The lowest BCUT2D eigenvalue weighted by atomic mass is 9.89. The van der Waals surface area contributed by atoms with Gasteiger partial charge in [0.15, 0.2) is 23.5 Å². The van der Waals surface area contributed by atoms with Gasteiger partial charge in [-0.25, -0.2) is 9.97 Å². The molecule has 10 nitrogen and oxygen atoms in total. The molecule has 0 spiro atoms. The number of imidazole rings is 1. The summed E-state index contributed by atoms with van der Waals surface area (Å²) in [5, 5.41) is 12.5. The van der Waals surface area contributed by atoms with Crippen LogP contribution in [0.3, 0.4) is 0 Å². The molecule has 120 valence electrons. The first-order chi connectivity index (χ1) is 11.0. The zero-order valence-corrected chi connectivity index (χ0v) is 12.2. The van der Waals surface area contributed by atoms with Gasteiger partial charge in [-0.15, -0.1) is 5.92 Å². The maximum Gasteiger partial charge on any atom is 0.222 e.